The van der Waals surface area contributed by atoms with Gasteiger partial charge in [0.05, 0.1) is 6.61 Å². The van der Waals surface area contributed by atoms with Crippen molar-refractivity contribution in [1.82, 2.24) is 10.9 Å². The first-order valence-electron chi connectivity index (χ1n) is 10.3. The van der Waals surface area contributed by atoms with Crippen LogP contribution in [0.4, 0.5) is 5.69 Å². The molecule has 0 radical (unpaired) electrons. The molecule has 0 saturated carbocycles. The van der Waals surface area contributed by atoms with Crippen LogP contribution in [-0.4, -0.2) is 30.9 Å². The highest BCUT2D eigenvalue weighted by atomic mass is 79.9. The summed E-state index contributed by atoms with van der Waals surface area (Å²) in [5, 5.41) is 2.70. The molecule has 0 atom stereocenters. The number of amides is 3. The molecule has 0 spiro atoms. The topological polar surface area (TPSA) is 106 Å². The van der Waals surface area contributed by atoms with Crippen LogP contribution in [0.25, 0.3) is 0 Å². The number of rotatable bonds is 10. The lowest BCUT2D eigenvalue weighted by Crippen LogP contribution is -2.44. The number of benzene rings is 2. The number of anilines is 1. The predicted octanol–water partition coefficient (Wildman–Crippen LogP) is 3.92. The Kier molecular flexibility index (Phi) is 10.0. The third-order valence-corrected chi connectivity index (χ3v) is 4.82. The van der Waals surface area contributed by atoms with Gasteiger partial charge in [-0.1, -0.05) is 29.8 Å². The molecular formula is C23H28BrN3O5. The first-order valence-corrected chi connectivity index (χ1v) is 11.1. The Hall–Kier alpha value is -3.07. The maximum Gasteiger partial charge on any atom is 0.276 e. The molecule has 2 aromatic carbocycles. The molecular weight excluding hydrogens is 478 g/mol. The number of ether oxygens (including phenoxy) is 2. The van der Waals surface area contributed by atoms with Crippen molar-refractivity contribution < 1.29 is 23.9 Å². The Morgan fingerprint density at radius 1 is 0.906 bits per heavy atom. The van der Waals surface area contributed by atoms with Gasteiger partial charge in [0.15, 0.2) is 6.61 Å². The zero-order valence-corrected chi connectivity index (χ0v) is 20.0. The Morgan fingerprint density at radius 3 is 2.22 bits per heavy atom. The van der Waals surface area contributed by atoms with Crippen LogP contribution in [0.3, 0.4) is 0 Å². The number of carbonyl (C=O) groups excluding carboxylic acids is 3. The average Bonchev–Trinajstić information content (AvgIpc) is 2.76. The van der Waals surface area contributed by atoms with Gasteiger partial charge in [-0.25, -0.2) is 0 Å². The number of hydrazine groups is 1. The summed E-state index contributed by atoms with van der Waals surface area (Å²) in [5.74, 6) is 0.247. The van der Waals surface area contributed by atoms with Gasteiger partial charge in [0.1, 0.15) is 11.5 Å². The summed E-state index contributed by atoms with van der Waals surface area (Å²) < 4.78 is 11.8. The fraction of sp³-hybridized carbons (Fsp3) is 0.348. The molecule has 172 valence electrons. The summed E-state index contributed by atoms with van der Waals surface area (Å²) in [4.78, 5) is 35.9. The molecule has 0 heterocycles. The highest BCUT2D eigenvalue weighted by Crippen LogP contribution is 2.29. The minimum atomic E-state index is -0.505. The molecule has 9 heteroatoms. The van der Waals surface area contributed by atoms with Gasteiger partial charge in [-0.15, -0.1) is 0 Å². The van der Waals surface area contributed by atoms with Gasteiger partial charge in [-0.2, -0.15) is 0 Å². The van der Waals surface area contributed by atoms with Gasteiger partial charge < -0.3 is 14.8 Å². The van der Waals surface area contributed by atoms with Crippen LogP contribution in [0.2, 0.25) is 0 Å². The van der Waals surface area contributed by atoms with Crippen molar-refractivity contribution >= 4 is 39.3 Å². The smallest absolute Gasteiger partial charge is 0.276 e. The molecule has 0 aliphatic rings. The SMILES string of the molecule is CCOc1ccc(NC(=O)CCC(=O)NNC(=O)COc2ccc(Br)cc2C(C)C)cc1. The van der Waals surface area contributed by atoms with Gasteiger partial charge in [-0.05, 0) is 60.9 Å². The van der Waals surface area contributed by atoms with Gasteiger partial charge in [-0.3, -0.25) is 25.2 Å². The van der Waals surface area contributed by atoms with Gasteiger partial charge in [0.2, 0.25) is 11.8 Å². The van der Waals surface area contributed by atoms with E-state index in [2.05, 4.69) is 32.1 Å². The normalized spacial score (nSPS) is 10.4. The van der Waals surface area contributed by atoms with Crippen molar-refractivity contribution in [2.24, 2.45) is 0 Å². The summed E-state index contributed by atoms with van der Waals surface area (Å²) in [5.41, 5.74) is 6.15. The minimum Gasteiger partial charge on any atom is -0.494 e. The zero-order valence-electron chi connectivity index (χ0n) is 18.4. The third kappa shape index (κ3) is 8.58. The maximum atomic E-state index is 12.0. The fourth-order valence-electron chi connectivity index (χ4n) is 2.73. The molecule has 2 aromatic rings. The van der Waals surface area contributed by atoms with E-state index in [1.165, 1.54) is 0 Å². The van der Waals surface area contributed by atoms with E-state index >= 15 is 0 Å². The van der Waals surface area contributed by atoms with E-state index in [1.54, 1.807) is 30.3 Å². The molecule has 3 amide bonds. The molecule has 2 rings (SSSR count). The monoisotopic (exact) mass is 505 g/mol. The average molecular weight is 506 g/mol. The predicted molar refractivity (Wildman–Crippen MR) is 125 cm³/mol. The first kappa shape index (κ1) is 25.2. The standard InChI is InChI=1S/C23H28BrN3O5/c1-4-31-18-8-6-17(7-9-18)25-21(28)11-12-22(29)26-27-23(30)14-32-20-10-5-16(24)13-19(20)15(2)3/h5-10,13,15H,4,11-12,14H2,1-3H3,(H,25,28)(H,26,29)(H,27,30). The van der Waals surface area contributed by atoms with Gasteiger partial charge in [0.25, 0.3) is 5.91 Å². The second kappa shape index (κ2) is 12.7. The fourth-order valence-corrected chi connectivity index (χ4v) is 3.11. The van der Waals surface area contributed by atoms with Crippen LogP contribution >= 0.6 is 15.9 Å². The third-order valence-electron chi connectivity index (χ3n) is 4.32. The lowest BCUT2D eigenvalue weighted by atomic mass is 10.0. The Labute approximate surface area is 196 Å². The van der Waals surface area contributed by atoms with Crippen molar-refractivity contribution in [1.29, 1.82) is 0 Å². The Bertz CT molecular complexity index is 932. The largest absolute Gasteiger partial charge is 0.494 e. The molecule has 0 aromatic heterocycles. The first-order chi connectivity index (χ1) is 15.3. The second-order valence-corrected chi connectivity index (χ2v) is 8.14. The lowest BCUT2D eigenvalue weighted by Gasteiger charge is -2.14. The van der Waals surface area contributed by atoms with Crippen molar-refractivity contribution in [3.8, 4) is 11.5 Å². The molecule has 0 unspecified atom stereocenters. The lowest BCUT2D eigenvalue weighted by molar-refractivity contribution is -0.130. The summed E-state index contributed by atoms with van der Waals surface area (Å²) in [7, 11) is 0. The quantitative estimate of drug-likeness (QED) is 0.424. The molecule has 0 fully saturated rings. The van der Waals surface area contributed by atoms with E-state index in [1.807, 2.05) is 32.9 Å². The molecule has 32 heavy (non-hydrogen) atoms. The second-order valence-electron chi connectivity index (χ2n) is 7.23. The van der Waals surface area contributed by atoms with Gasteiger partial charge in [0, 0.05) is 23.0 Å². The van der Waals surface area contributed by atoms with Gasteiger partial charge >= 0.3 is 0 Å². The van der Waals surface area contributed by atoms with E-state index in [0.29, 0.717) is 23.8 Å². The molecule has 0 aliphatic heterocycles. The minimum absolute atomic E-state index is 0.0257. The zero-order chi connectivity index (χ0) is 23.5. The van der Waals surface area contributed by atoms with Crippen molar-refractivity contribution in [2.45, 2.75) is 39.5 Å². The maximum absolute atomic E-state index is 12.0. The summed E-state index contributed by atoms with van der Waals surface area (Å²) in [6.07, 6.45) is -0.101. The van der Waals surface area contributed by atoms with Crippen LogP contribution < -0.4 is 25.6 Å². The van der Waals surface area contributed by atoms with E-state index in [9.17, 15) is 14.4 Å². The van der Waals surface area contributed by atoms with E-state index < -0.39 is 11.8 Å². The Morgan fingerprint density at radius 2 is 1.56 bits per heavy atom. The summed E-state index contributed by atoms with van der Waals surface area (Å²) in [6, 6.07) is 12.5. The van der Waals surface area contributed by atoms with Crippen LogP contribution in [0, 0.1) is 0 Å². The van der Waals surface area contributed by atoms with Crippen molar-refractivity contribution in [2.75, 3.05) is 18.5 Å². The number of hydrogen-bond acceptors (Lipinski definition) is 5. The number of carbonyl (C=O) groups is 3. The van der Waals surface area contributed by atoms with E-state index in [4.69, 9.17) is 9.47 Å². The molecule has 8 nitrogen and oxygen atoms in total. The van der Waals surface area contributed by atoms with Crippen molar-refractivity contribution in [3.63, 3.8) is 0 Å². The van der Waals surface area contributed by atoms with Crippen LogP contribution in [0.5, 0.6) is 11.5 Å². The molecule has 0 saturated heterocycles. The molecule has 0 aliphatic carbocycles. The van der Waals surface area contributed by atoms with E-state index in [-0.39, 0.29) is 31.3 Å². The van der Waals surface area contributed by atoms with Crippen LogP contribution in [-0.2, 0) is 14.4 Å². The molecule has 0 bridgehead atoms. The number of halogens is 1. The summed E-state index contributed by atoms with van der Waals surface area (Å²) >= 11 is 3.42. The highest BCUT2D eigenvalue weighted by molar-refractivity contribution is 9.10. The Balaban J connectivity index is 1.69. The highest BCUT2D eigenvalue weighted by Gasteiger charge is 2.12. The molecule has 3 N–H and O–H groups in total. The van der Waals surface area contributed by atoms with Crippen LogP contribution in [0.15, 0.2) is 46.9 Å². The number of hydrogen-bond donors (Lipinski definition) is 3. The number of nitrogens with one attached hydrogen (secondary N) is 3. The van der Waals surface area contributed by atoms with E-state index in [0.717, 1.165) is 10.0 Å². The summed E-state index contributed by atoms with van der Waals surface area (Å²) in [6.45, 7) is 6.26. The van der Waals surface area contributed by atoms with Crippen LogP contribution in [0.1, 0.15) is 45.1 Å². The van der Waals surface area contributed by atoms with Crippen molar-refractivity contribution in [3.05, 3.63) is 52.5 Å².